The topological polar surface area (TPSA) is 41.1 Å². The van der Waals surface area contributed by atoms with Crippen molar-refractivity contribution < 1.29 is 4.79 Å². The summed E-state index contributed by atoms with van der Waals surface area (Å²) in [6, 6.07) is 12.1. The van der Waals surface area contributed by atoms with Gasteiger partial charge in [-0.1, -0.05) is 46.9 Å². The van der Waals surface area contributed by atoms with Crippen LogP contribution in [-0.4, -0.2) is 5.91 Å². The highest BCUT2D eigenvalue weighted by Gasteiger charge is 2.09. The van der Waals surface area contributed by atoms with E-state index in [0.717, 1.165) is 5.56 Å². The first-order valence-corrected chi connectivity index (χ1v) is 6.92. The molecule has 0 spiro atoms. The Morgan fingerprint density at radius 3 is 2.45 bits per heavy atom. The van der Waals surface area contributed by atoms with Crippen molar-refractivity contribution in [2.45, 2.75) is 6.54 Å². The Morgan fingerprint density at radius 2 is 1.75 bits per heavy atom. The van der Waals surface area contributed by atoms with Crippen LogP contribution >= 0.6 is 34.8 Å². The molecule has 6 heteroatoms. The van der Waals surface area contributed by atoms with Crippen LogP contribution < -0.4 is 10.9 Å². The van der Waals surface area contributed by atoms with Gasteiger partial charge in [-0.2, -0.15) is 0 Å². The molecule has 0 aliphatic rings. The minimum Gasteiger partial charge on any atom is -0.287 e. The lowest BCUT2D eigenvalue weighted by atomic mass is 10.2. The highest BCUT2D eigenvalue weighted by molar-refractivity contribution is 6.36. The van der Waals surface area contributed by atoms with Crippen molar-refractivity contribution in [2.75, 3.05) is 0 Å². The molecule has 20 heavy (non-hydrogen) atoms. The lowest BCUT2D eigenvalue weighted by molar-refractivity contribution is 0.0932. The first-order valence-electron chi connectivity index (χ1n) is 5.79. The number of halogens is 3. The number of benzene rings is 2. The summed E-state index contributed by atoms with van der Waals surface area (Å²) in [5.74, 6) is -0.325. The third kappa shape index (κ3) is 4.12. The number of rotatable bonds is 4. The van der Waals surface area contributed by atoms with E-state index in [9.17, 15) is 4.79 Å². The van der Waals surface area contributed by atoms with Crippen molar-refractivity contribution in [3.05, 3.63) is 68.7 Å². The minimum absolute atomic E-state index is 0.305. The molecule has 1 amide bonds. The van der Waals surface area contributed by atoms with Crippen LogP contribution in [-0.2, 0) is 6.54 Å². The van der Waals surface area contributed by atoms with Crippen LogP contribution in [0.25, 0.3) is 0 Å². The molecule has 0 aliphatic heterocycles. The summed E-state index contributed by atoms with van der Waals surface area (Å²) in [7, 11) is 0. The van der Waals surface area contributed by atoms with E-state index >= 15 is 0 Å². The summed E-state index contributed by atoms with van der Waals surface area (Å²) in [6.45, 7) is 0.456. The Morgan fingerprint density at radius 1 is 1.00 bits per heavy atom. The largest absolute Gasteiger partial charge is 0.287 e. The summed E-state index contributed by atoms with van der Waals surface area (Å²) in [5, 5.41) is 1.44. The summed E-state index contributed by atoms with van der Waals surface area (Å²) in [5.41, 5.74) is 6.70. The Labute approximate surface area is 131 Å². The van der Waals surface area contributed by atoms with Gasteiger partial charge in [0.05, 0.1) is 10.6 Å². The summed E-state index contributed by atoms with van der Waals surface area (Å²) in [6.07, 6.45) is 0. The van der Waals surface area contributed by atoms with E-state index in [0.29, 0.717) is 27.2 Å². The SMILES string of the molecule is O=C(NNCc1cccc(Cl)c1)c1ccc(Cl)cc1Cl. The molecule has 0 bridgehead atoms. The molecule has 2 aromatic carbocycles. The smallest absolute Gasteiger partial charge is 0.266 e. The second-order valence-corrected chi connectivity index (χ2v) is 5.34. The van der Waals surface area contributed by atoms with E-state index < -0.39 is 0 Å². The van der Waals surface area contributed by atoms with Gasteiger partial charge in [-0.15, -0.1) is 0 Å². The average Bonchev–Trinajstić information content (AvgIpc) is 2.38. The average molecular weight is 330 g/mol. The molecule has 0 saturated heterocycles. The summed E-state index contributed by atoms with van der Waals surface area (Å²) >= 11 is 17.6. The lowest BCUT2D eigenvalue weighted by Crippen LogP contribution is -2.36. The van der Waals surface area contributed by atoms with E-state index in [1.807, 2.05) is 18.2 Å². The number of amides is 1. The monoisotopic (exact) mass is 328 g/mol. The highest BCUT2D eigenvalue weighted by atomic mass is 35.5. The zero-order valence-corrected chi connectivity index (χ0v) is 12.6. The number of carbonyl (C=O) groups excluding carboxylic acids is 1. The van der Waals surface area contributed by atoms with Crippen molar-refractivity contribution in [3.8, 4) is 0 Å². The molecule has 0 fully saturated rings. The maximum absolute atomic E-state index is 11.9. The zero-order chi connectivity index (χ0) is 14.5. The van der Waals surface area contributed by atoms with Gasteiger partial charge >= 0.3 is 0 Å². The van der Waals surface area contributed by atoms with E-state index in [-0.39, 0.29) is 5.91 Å². The van der Waals surface area contributed by atoms with Crippen LogP contribution in [0.1, 0.15) is 15.9 Å². The molecule has 0 unspecified atom stereocenters. The van der Waals surface area contributed by atoms with E-state index in [2.05, 4.69) is 10.9 Å². The van der Waals surface area contributed by atoms with Gasteiger partial charge in [-0.25, -0.2) is 5.43 Å². The number of nitrogens with one attached hydrogen (secondary N) is 2. The van der Waals surface area contributed by atoms with Gasteiger partial charge < -0.3 is 0 Å². The van der Waals surface area contributed by atoms with Crippen molar-refractivity contribution >= 4 is 40.7 Å². The fraction of sp³-hybridized carbons (Fsp3) is 0.0714. The molecule has 2 rings (SSSR count). The van der Waals surface area contributed by atoms with E-state index in [4.69, 9.17) is 34.8 Å². The van der Waals surface area contributed by atoms with Gasteiger partial charge in [0.15, 0.2) is 0 Å². The molecule has 0 saturated carbocycles. The standard InChI is InChI=1S/C14H11Cl3N2O/c15-10-3-1-2-9(6-10)8-18-19-14(20)12-5-4-11(16)7-13(12)17/h1-7,18H,8H2,(H,19,20). The van der Waals surface area contributed by atoms with Crippen molar-refractivity contribution in [1.82, 2.24) is 10.9 Å². The normalized spacial score (nSPS) is 10.3. The van der Waals surface area contributed by atoms with Crippen LogP contribution in [0, 0.1) is 0 Å². The maximum Gasteiger partial charge on any atom is 0.266 e. The molecule has 2 aromatic rings. The molecular formula is C14H11Cl3N2O. The second-order valence-electron chi connectivity index (χ2n) is 4.06. The predicted molar refractivity (Wildman–Crippen MR) is 82.2 cm³/mol. The summed E-state index contributed by atoms with van der Waals surface area (Å²) < 4.78 is 0. The molecule has 0 aliphatic carbocycles. The van der Waals surface area contributed by atoms with Crippen LogP contribution in [0.4, 0.5) is 0 Å². The van der Waals surface area contributed by atoms with Gasteiger partial charge in [0, 0.05) is 16.6 Å². The molecule has 2 N–H and O–H groups in total. The first-order chi connectivity index (χ1) is 9.56. The van der Waals surface area contributed by atoms with Gasteiger partial charge in [0.2, 0.25) is 0 Å². The van der Waals surface area contributed by atoms with E-state index in [1.54, 1.807) is 18.2 Å². The fourth-order valence-corrected chi connectivity index (χ4v) is 2.32. The molecule has 3 nitrogen and oxygen atoms in total. The van der Waals surface area contributed by atoms with Crippen LogP contribution in [0.15, 0.2) is 42.5 Å². The van der Waals surface area contributed by atoms with Crippen molar-refractivity contribution in [2.24, 2.45) is 0 Å². The molecule has 0 aromatic heterocycles. The van der Waals surface area contributed by atoms with Crippen LogP contribution in [0.3, 0.4) is 0 Å². The molecule has 104 valence electrons. The van der Waals surface area contributed by atoms with Gasteiger partial charge in [-0.3, -0.25) is 10.2 Å². The number of hydrogen-bond acceptors (Lipinski definition) is 2. The minimum atomic E-state index is -0.325. The summed E-state index contributed by atoms with van der Waals surface area (Å²) in [4.78, 5) is 11.9. The fourth-order valence-electron chi connectivity index (χ4n) is 1.61. The molecular weight excluding hydrogens is 319 g/mol. The quantitative estimate of drug-likeness (QED) is 0.830. The second kappa shape index (κ2) is 6.95. The molecule has 0 radical (unpaired) electrons. The third-order valence-corrected chi connectivity index (χ3v) is 3.34. The zero-order valence-electron chi connectivity index (χ0n) is 10.3. The molecule has 0 heterocycles. The Bertz CT molecular complexity index is 632. The highest BCUT2D eigenvalue weighted by Crippen LogP contribution is 2.20. The number of hydrazine groups is 1. The van der Waals surface area contributed by atoms with Gasteiger partial charge in [-0.05, 0) is 35.9 Å². The van der Waals surface area contributed by atoms with Crippen molar-refractivity contribution in [3.63, 3.8) is 0 Å². The lowest BCUT2D eigenvalue weighted by Gasteiger charge is -2.09. The number of hydrogen-bond donors (Lipinski definition) is 2. The van der Waals surface area contributed by atoms with Crippen LogP contribution in [0.5, 0.6) is 0 Å². The Kier molecular flexibility index (Phi) is 5.26. The third-order valence-electron chi connectivity index (χ3n) is 2.56. The van der Waals surface area contributed by atoms with E-state index in [1.165, 1.54) is 6.07 Å². The van der Waals surface area contributed by atoms with Crippen LogP contribution in [0.2, 0.25) is 15.1 Å². The van der Waals surface area contributed by atoms with Gasteiger partial charge in [0.25, 0.3) is 5.91 Å². The Balaban J connectivity index is 1.92. The first kappa shape index (κ1) is 15.1. The molecule has 0 atom stereocenters. The Hall–Kier alpha value is -1.26. The predicted octanol–water partition coefficient (Wildman–Crippen LogP) is 4.08. The number of carbonyl (C=O) groups is 1. The van der Waals surface area contributed by atoms with Crippen molar-refractivity contribution in [1.29, 1.82) is 0 Å². The maximum atomic E-state index is 11.9. The van der Waals surface area contributed by atoms with Gasteiger partial charge in [0.1, 0.15) is 0 Å².